The predicted molar refractivity (Wildman–Crippen MR) is 60.4 cm³/mol. The van der Waals surface area contributed by atoms with E-state index in [9.17, 15) is 0 Å². The molecule has 84 valence electrons. The number of nitrogens with one attached hydrogen (secondary N) is 1. The van der Waals surface area contributed by atoms with Crippen LogP contribution in [-0.4, -0.2) is 25.2 Å². The molecule has 4 heteroatoms. The van der Waals surface area contributed by atoms with Crippen molar-refractivity contribution in [3.8, 4) is 11.9 Å². The number of fused-ring (bicyclic) bond motifs is 1. The van der Waals surface area contributed by atoms with Gasteiger partial charge in [-0.25, -0.2) is 4.98 Å². The van der Waals surface area contributed by atoms with Crippen LogP contribution >= 0.6 is 0 Å². The van der Waals surface area contributed by atoms with Crippen molar-refractivity contribution in [3.05, 3.63) is 22.9 Å². The highest BCUT2D eigenvalue weighted by Gasteiger charge is 2.16. The van der Waals surface area contributed by atoms with Crippen LogP contribution in [0.15, 0.2) is 6.07 Å². The van der Waals surface area contributed by atoms with E-state index >= 15 is 0 Å². The predicted octanol–water partition coefficient (Wildman–Crippen LogP) is 1.04. The van der Waals surface area contributed by atoms with Crippen LogP contribution in [0.4, 0.5) is 0 Å². The fourth-order valence-corrected chi connectivity index (χ4v) is 1.89. The van der Waals surface area contributed by atoms with Gasteiger partial charge in [0.05, 0.1) is 0 Å². The van der Waals surface area contributed by atoms with Gasteiger partial charge < -0.3 is 10.1 Å². The molecule has 0 saturated heterocycles. The number of rotatable bonds is 4. The van der Waals surface area contributed by atoms with E-state index in [0.717, 1.165) is 31.5 Å². The van der Waals surface area contributed by atoms with Crippen LogP contribution in [0, 0.1) is 11.3 Å². The van der Waals surface area contributed by atoms with E-state index in [-0.39, 0.29) is 0 Å². The van der Waals surface area contributed by atoms with Crippen molar-refractivity contribution in [2.24, 2.45) is 0 Å². The lowest BCUT2D eigenvalue weighted by Gasteiger charge is -2.08. The molecule has 1 aliphatic carbocycles. The molecule has 0 unspecified atom stereocenters. The maximum Gasteiger partial charge on any atom is 0.231 e. The third-order valence-electron chi connectivity index (χ3n) is 2.73. The SMILES string of the molecule is CNCCOc1nc2c(cc1C#N)CCC2. The Kier molecular flexibility index (Phi) is 3.37. The van der Waals surface area contributed by atoms with Gasteiger partial charge in [0, 0.05) is 12.2 Å². The average molecular weight is 217 g/mol. The van der Waals surface area contributed by atoms with E-state index < -0.39 is 0 Å². The van der Waals surface area contributed by atoms with Crippen molar-refractivity contribution >= 4 is 0 Å². The van der Waals surface area contributed by atoms with Crippen LogP contribution in [0.25, 0.3) is 0 Å². The topological polar surface area (TPSA) is 57.9 Å². The maximum absolute atomic E-state index is 9.02. The standard InChI is InChI=1S/C12H15N3O/c1-14-5-6-16-12-10(8-13)7-9-3-2-4-11(9)15-12/h7,14H,2-6H2,1H3. The smallest absolute Gasteiger partial charge is 0.231 e. The zero-order valence-corrected chi connectivity index (χ0v) is 9.42. The highest BCUT2D eigenvalue weighted by Crippen LogP contribution is 2.25. The zero-order valence-electron chi connectivity index (χ0n) is 9.42. The summed E-state index contributed by atoms with van der Waals surface area (Å²) in [5, 5.41) is 12.0. The molecule has 1 N–H and O–H groups in total. The second-order valence-electron chi connectivity index (χ2n) is 3.86. The van der Waals surface area contributed by atoms with Crippen molar-refractivity contribution in [1.82, 2.24) is 10.3 Å². The van der Waals surface area contributed by atoms with E-state index in [2.05, 4.69) is 16.4 Å². The van der Waals surface area contributed by atoms with Gasteiger partial charge in [-0.15, -0.1) is 0 Å². The number of pyridine rings is 1. The summed E-state index contributed by atoms with van der Waals surface area (Å²) in [5.74, 6) is 0.485. The Hall–Kier alpha value is -1.60. The van der Waals surface area contributed by atoms with E-state index in [4.69, 9.17) is 10.00 Å². The highest BCUT2D eigenvalue weighted by molar-refractivity contribution is 5.44. The number of hydrogen-bond acceptors (Lipinski definition) is 4. The Labute approximate surface area is 95.3 Å². The quantitative estimate of drug-likeness (QED) is 0.766. The molecular weight excluding hydrogens is 202 g/mol. The third-order valence-corrected chi connectivity index (χ3v) is 2.73. The molecule has 0 fully saturated rings. The molecule has 0 aliphatic heterocycles. The van der Waals surface area contributed by atoms with Crippen LogP contribution in [0.3, 0.4) is 0 Å². The number of aryl methyl sites for hydroxylation is 2. The number of ether oxygens (including phenoxy) is 1. The fourth-order valence-electron chi connectivity index (χ4n) is 1.89. The molecule has 0 saturated carbocycles. The van der Waals surface area contributed by atoms with Gasteiger partial charge in [-0.1, -0.05) is 0 Å². The maximum atomic E-state index is 9.02. The summed E-state index contributed by atoms with van der Waals surface area (Å²) in [6, 6.07) is 4.06. The minimum Gasteiger partial charge on any atom is -0.475 e. The Morgan fingerprint density at radius 3 is 3.19 bits per heavy atom. The van der Waals surface area contributed by atoms with Gasteiger partial charge in [0.25, 0.3) is 0 Å². The summed E-state index contributed by atoms with van der Waals surface area (Å²) in [6.45, 7) is 1.29. The summed E-state index contributed by atoms with van der Waals surface area (Å²) in [5.41, 5.74) is 2.85. The van der Waals surface area contributed by atoms with E-state index in [1.54, 1.807) is 0 Å². The van der Waals surface area contributed by atoms with E-state index in [1.807, 2.05) is 13.1 Å². The van der Waals surface area contributed by atoms with Gasteiger partial charge in [-0.2, -0.15) is 5.26 Å². The number of likely N-dealkylation sites (N-methyl/N-ethyl adjacent to an activating group) is 1. The third kappa shape index (κ3) is 2.15. The van der Waals surface area contributed by atoms with Crippen LogP contribution in [0.5, 0.6) is 5.88 Å². The Morgan fingerprint density at radius 2 is 2.44 bits per heavy atom. The Balaban J connectivity index is 2.20. The summed E-state index contributed by atoms with van der Waals surface area (Å²) in [7, 11) is 1.87. The first-order valence-corrected chi connectivity index (χ1v) is 5.55. The van der Waals surface area contributed by atoms with Crippen molar-refractivity contribution in [2.45, 2.75) is 19.3 Å². The molecule has 0 radical (unpaired) electrons. The Morgan fingerprint density at radius 1 is 1.56 bits per heavy atom. The van der Waals surface area contributed by atoms with E-state index in [0.29, 0.717) is 18.1 Å². The first-order chi connectivity index (χ1) is 7.85. The largest absolute Gasteiger partial charge is 0.475 e. The molecule has 0 atom stereocenters. The van der Waals surface area contributed by atoms with Crippen molar-refractivity contribution in [2.75, 3.05) is 20.2 Å². The van der Waals surface area contributed by atoms with Gasteiger partial charge in [-0.05, 0) is 37.9 Å². The molecule has 1 aromatic rings. The normalized spacial score (nSPS) is 13.2. The van der Waals surface area contributed by atoms with Crippen molar-refractivity contribution in [3.63, 3.8) is 0 Å². The van der Waals surface area contributed by atoms with Crippen LogP contribution < -0.4 is 10.1 Å². The van der Waals surface area contributed by atoms with Gasteiger partial charge in [0.2, 0.25) is 5.88 Å². The summed E-state index contributed by atoms with van der Waals surface area (Å²) < 4.78 is 5.50. The number of nitrogens with zero attached hydrogens (tertiary/aromatic N) is 2. The molecule has 16 heavy (non-hydrogen) atoms. The highest BCUT2D eigenvalue weighted by atomic mass is 16.5. The lowest BCUT2D eigenvalue weighted by Crippen LogP contribution is -2.17. The number of aromatic nitrogens is 1. The van der Waals surface area contributed by atoms with Crippen LogP contribution in [-0.2, 0) is 12.8 Å². The molecule has 1 aliphatic rings. The molecule has 1 aromatic heterocycles. The second kappa shape index (κ2) is 4.95. The Bertz CT molecular complexity index is 423. The van der Waals surface area contributed by atoms with Crippen LogP contribution in [0.2, 0.25) is 0 Å². The number of hydrogen-bond donors (Lipinski definition) is 1. The molecule has 0 bridgehead atoms. The molecule has 0 aromatic carbocycles. The van der Waals surface area contributed by atoms with Gasteiger partial charge in [0.1, 0.15) is 18.2 Å². The molecule has 2 rings (SSSR count). The first-order valence-electron chi connectivity index (χ1n) is 5.55. The second-order valence-corrected chi connectivity index (χ2v) is 3.86. The van der Waals surface area contributed by atoms with Gasteiger partial charge >= 0.3 is 0 Å². The minimum atomic E-state index is 0.485. The van der Waals surface area contributed by atoms with Gasteiger partial charge in [0.15, 0.2) is 0 Å². The molecular formula is C12H15N3O. The van der Waals surface area contributed by atoms with Crippen LogP contribution in [0.1, 0.15) is 23.2 Å². The summed E-state index contributed by atoms with van der Waals surface area (Å²) in [4.78, 5) is 4.42. The van der Waals surface area contributed by atoms with E-state index in [1.165, 1.54) is 5.56 Å². The first kappa shape index (κ1) is 10.9. The van der Waals surface area contributed by atoms with Gasteiger partial charge in [-0.3, -0.25) is 0 Å². The summed E-state index contributed by atoms with van der Waals surface area (Å²) >= 11 is 0. The number of nitriles is 1. The molecule has 1 heterocycles. The molecule has 4 nitrogen and oxygen atoms in total. The molecule has 0 spiro atoms. The zero-order chi connectivity index (χ0) is 11.4. The summed E-state index contributed by atoms with van der Waals surface area (Å²) in [6.07, 6.45) is 3.17. The minimum absolute atomic E-state index is 0.485. The monoisotopic (exact) mass is 217 g/mol. The average Bonchev–Trinajstić information content (AvgIpc) is 2.75. The fraction of sp³-hybridized carbons (Fsp3) is 0.500. The van der Waals surface area contributed by atoms with Crippen molar-refractivity contribution < 1.29 is 4.74 Å². The molecule has 0 amide bonds. The lowest BCUT2D eigenvalue weighted by molar-refractivity contribution is 0.304. The van der Waals surface area contributed by atoms with Crippen molar-refractivity contribution in [1.29, 1.82) is 5.26 Å². The lowest BCUT2D eigenvalue weighted by atomic mass is 10.1.